The van der Waals surface area contributed by atoms with E-state index in [1.807, 2.05) is 30.7 Å². The predicted octanol–water partition coefficient (Wildman–Crippen LogP) is 1.30. The van der Waals surface area contributed by atoms with E-state index in [9.17, 15) is 0 Å². The zero-order chi connectivity index (χ0) is 15.0. The summed E-state index contributed by atoms with van der Waals surface area (Å²) in [7, 11) is 1.98. The molecule has 0 aromatic carbocycles. The summed E-state index contributed by atoms with van der Waals surface area (Å²) < 4.78 is 3.72. The van der Waals surface area contributed by atoms with E-state index in [2.05, 4.69) is 44.7 Å². The fourth-order valence-corrected chi connectivity index (χ4v) is 2.19. The number of nitrogens with zero attached hydrogens (tertiary/aromatic N) is 7. The lowest BCUT2D eigenvalue weighted by atomic mass is 10.2. The highest BCUT2D eigenvalue weighted by Crippen LogP contribution is 2.13. The van der Waals surface area contributed by atoms with Crippen LogP contribution >= 0.6 is 0 Å². The molecule has 0 radical (unpaired) electrons. The normalized spacial score (nSPS) is 11.5. The second kappa shape index (κ2) is 5.12. The third-order valence-corrected chi connectivity index (χ3v) is 3.36. The molecule has 3 aromatic rings. The largest absolute Gasteiger partial charge is 0.361 e. The summed E-state index contributed by atoms with van der Waals surface area (Å²) >= 11 is 0. The van der Waals surface area contributed by atoms with Gasteiger partial charge in [0.05, 0.1) is 6.54 Å². The van der Waals surface area contributed by atoms with Gasteiger partial charge in [-0.2, -0.15) is 4.52 Å². The molecule has 0 spiro atoms. The molecular weight excluding hydrogens is 268 g/mol. The summed E-state index contributed by atoms with van der Waals surface area (Å²) in [6.07, 6.45) is 0. The van der Waals surface area contributed by atoms with Gasteiger partial charge in [-0.15, -0.1) is 25.5 Å². The summed E-state index contributed by atoms with van der Waals surface area (Å²) in [5.74, 6) is 3.71. The van der Waals surface area contributed by atoms with Crippen LogP contribution in [0.25, 0.3) is 5.65 Å². The third kappa shape index (κ3) is 2.44. The minimum atomic E-state index is 0.352. The Bertz CT molecular complexity index is 770. The molecule has 0 saturated heterocycles. The Labute approximate surface area is 122 Å². The lowest BCUT2D eigenvalue weighted by molar-refractivity contribution is 0.692. The number of nitrogens with one attached hydrogen (secondary N) is 1. The Morgan fingerprint density at radius 3 is 2.67 bits per heavy atom. The van der Waals surface area contributed by atoms with Crippen LogP contribution in [-0.4, -0.2) is 34.6 Å². The van der Waals surface area contributed by atoms with Crippen molar-refractivity contribution < 1.29 is 0 Å². The Hall–Kier alpha value is -2.51. The van der Waals surface area contributed by atoms with Crippen molar-refractivity contribution in [1.29, 1.82) is 0 Å². The van der Waals surface area contributed by atoms with Crippen LogP contribution in [0.3, 0.4) is 0 Å². The van der Waals surface area contributed by atoms with Crippen molar-refractivity contribution >= 4 is 11.5 Å². The maximum atomic E-state index is 4.44. The highest BCUT2D eigenvalue weighted by Gasteiger charge is 2.11. The molecule has 8 heteroatoms. The molecule has 21 heavy (non-hydrogen) atoms. The minimum Gasteiger partial charge on any atom is -0.361 e. The van der Waals surface area contributed by atoms with Gasteiger partial charge < -0.3 is 9.88 Å². The first-order valence-electron chi connectivity index (χ1n) is 6.87. The van der Waals surface area contributed by atoms with Crippen LogP contribution in [0, 0.1) is 6.92 Å². The maximum absolute atomic E-state index is 4.44. The molecule has 110 valence electrons. The lowest BCUT2D eigenvalue weighted by Crippen LogP contribution is -2.10. The van der Waals surface area contributed by atoms with Crippen LogP contribution in [0.5, 0.6) is 0 Å². The Balaban J connectivity index is 1.78. The van der Waals surface area contributed by atoms with Gasteiger partial charge in [-0.25, -0.2) is 0 Å². The molecule has 0 unspecified atom stereocenters. The zero-order valence-corrected chi connectivity index (χ0v) is 12.6. The van der Waals surface area contributed by atoms with Crippen molar-refractivity contribution in [2.45, 2.75) is 33.2 Å². The first kappa shape index (κ1) is 13.5. The molecule has 1 N–H and O–H groups in total. The average Bonchev–Trinajstić information content (AvgIpc) is 3.01. The smallest absolute Gasteiger partial charge is 0.178 e. The molecule has 0 amide bonds. The number of fused-ring (bicyclic) bond motifs is 1. The van der Waals surface area contributed by atoms with E-state index in [1.165, 1.54) is 0 Å². The van der Waals surface area contributed by atoms with Gasteiger partial charge in [0.15, 0.2) is 17.3 Å². The summed E-state index contributed by atoms with van der Waals surface area (Å²) in [5.41, 5.74) is 0.735. The zero-order valence-electron chi connectivity index (χ0n) is 12.6. The first-order chi connectivity index (χ1) is 10.1. The first-order valence-corrected chi connectivity index (χ1v) is 6.87. The van der Waals surface area contributed by atoms with Gasteiger partial charge >= 0.3 is 0 Å². The quantitative estimate of drug-likeness (QED) is 0.778. The number of hydrogen-bond donors (Lipinski definition) is 1. The van der Waals surface area contributed by atoms with Gasteiger partial charge in [-0.05, 0) is 19.1 Å². The molecule has 3 rings (SSSR count). The highest BCUT2D eigenvalue weighted by atomic mass is 15.4. The Morgan fingerprint density at radius 1 is 1.14 bits per heavy atom. The fraction of sp³-hybridized carbons (Fsp3) is 0.462. The summed E-state index contributed by atoms with van der Waals surface area (Å²) in [5, 5.41) is 24.1. The van der Waals surface area contributed by atoms with Crippen LogP contribution < -0.4 is 5.32 Å². The molecule has 0 saturated carbocycles. The number of anilines is 1. The SMILES string of the molecule is Cc1nnc2ccc(NCc3nnc(C(C)C)n3C)nn12. The second-order valence-electron chi connectivity index (χ2n) is 5.28. The van der Waals surface area contributed by atoms with Crippen molar-refractivity contribution in [3.63, 3.8) is 0 Å². The standard InChI is InChI=1S/C13H18N8/c1-8(2)13-18-17-12(20(13)4)7-14-10-5-6-11-16-15-9(3)21(11)19-10/h5-6,8H,7H2,1-4H3,(H,14,19). The molecular formula is C13H18N8. The highest BCUT2D eigenvalue weighted by molar-refractivity contribution is 5.43. The molecule has 3 heterocycles. The van der Waals surface area contributed by atoms with Crippen molar-refractivity contribution in [2.24, 2.45) is 7.05 Å². The van der Waals surface area contributed by atoms with Crippen LogP contribution in [0.1, 0.15) is 37.2 Å². The summed E-state index contributed by atoms with van der Waals surface area (Å²) in [6, 6.07) is 3.76. The van der Waals surface area contributed by atoms with Gasteiger partial charge in [-0.3, -0.25) is 0 Å². The summed E-state index contributed by atoms with van der Waals surface area (Å²) in [6.45, 7) is 6.64. The molecule has 0 bridgehead atoms. The maximum Gasteiger partial charge on any atom is 0.178 e. The monoisotopic (exact) mass is 286 g/mol. The van der Waals surface area contributed by atoms with E-state index in [-0.39, 0.29) is 0 Å². The van der Waals surface area contributed by atoms with E-state index < -0.39 is 0 Å². The molecule has 0 aliphatic heterocycles. The molecule has 8 nitrogen and oxygen atoms in total. The molecule has 0 fully saturated rings. The number of aromatic nitrogens is 7. The average molecular weight is 286 g/mol. The third-order valence-electron chi connectivity index (χ3n) is 3.36. The minimum absolute atomic E-state index is 0.352. The van der Waals surface area contributed by atoms with Gasteiger partial charge in [0.25, 0.3) is 0 Å². The van der Waals surface area contributed by atoms with Crippen LogP contribution in [-0.2, 0) is 13.6 Å². The predicted molar refractivity (Wildman–Crippen MR) is 77.9 cm³/mol. The van der Waals surface area contributed by atoms with E-state index >= 15 is 0 Å². The number of aryl methyl sites for hydroxylation is 1. The second-order valence-corrected chi connectivity index (χ2v) is 5.28. The molecule has 3 aromatic heterocycles. The van der Waals surface area contributed by atoms with E-state index in [0.29, 0.717) is 12.5 Å². The fourth-order valence-electron chi connectivity index (χ4n) is 2.19. The number of rotatable bonds is 4. The van der Waals surface area contributed by atoms with Crippen LogP contribution in [0.4, 0.5) is 5.82 Å². The van der Waals surface area contributed by atoms with Crippen molar-refractivity contribution in [2.75, 3.05) is 5.32 Å². The lowest BCUT2D eigenvalue weighted by Gasteiger charge is -2.08. The van der Waals surface area contributed by atoms with Gasteiger partial charge in [0.1, 0.15) is 11.6 Å². The van der Waals surface area contributed by atoms with Crippen LogP contribution in [0.15, 0.2) is 12.1 Å². The van der Waals surface area contributed by atoms with Crippen molar-refractivity contribution in [3.8, 4) is 0 Å². The van der Waals surface area contributed by atoms with Crippen molar-refractivity contribution in [3.05, 3.63) is 29.6 Å². The van der Waals surface area contributed by atoms with E-state index in [4.69, 9.17) is 0 Å². The van der Waals surface area contributed by atoms with Gasteiger partial charge in [0, 0.05) is 13.0 Å². The summed E-state index contributed by atoms with van der Waals surface area (Å²) in [4.78, 5) is 0. The number of hydrogen-bond acceptors (Lipinski definition) is 6. The van der Waals surface area contributed by atoms with Crippen LogP contribution in [0.2, 0.25) is 0 Å². The molecule has 0 aliphatic rings. The van der Waals surface area contributed by atoms with E-state index in [0.717, 1.165) is 28.9 Å². The van der Waals surface area contributed by atoms with Gasteiger partial charge in [0.2, 0.25) is 0 Å². The molecule has 0 atom stereocenters. The Kier molecular flexibility index (Phi) is 3.28. The Morgan fingerprint density at radius 2 is 1.95 bits per heavy atom. The van der Waals surface area contributed by atoms with Crippen molar-refractivity contribution in [1.82, 2.24) is 34.6 Å². The van der Waals surface area contributed by atoms with E-state index in [1.54, 1.807) is 4.52 Å². The topological polar surface area (TPSA) is 85.8 Å². The van der Waals surface area contributed by atoms with Gasteiger partial charge in [-0.1, -0.05) is 13.8 Å². The molecule has 0 aliphatic carbocycles.